The van der Waals surface area contributed by atoms with E-state index in [9.17, 15) is 0 Å². The molecule has 0 bridgehead atoms. The van der Waals surface area contributed by atoms with Gasteiger partial charge in [0.1, 0.15) is 12.1 Å². The highest BCUT2D eigenvalue weighted by Crippen LogP contribution is 2.32. The van der Waals surface area contributed by atoms with Crippen LogP contribution >= 0.6 is 11.3 Å². The maximum absolute atomic E-state index is 5.66. The number of anilines is 1. The van der Waals surface area contributed by atoms with E-state index in [0.717, 1.165) is 37.6 Å². The van der Waals surface area contributed by atoms with E-state index in [4.69, 9.17) is 4.74 Å². The summed E-state index contributed by atoms with van der Waals surface area (Å²) in [5.74, 6) is 1.05. The van der Waals surface area contributed by atoms with Crippen molar-refractivity contribution in [3.8, 4) is 0 Å². The Morgan fingerprint density at radius 1 is 1.48 bits per heavy atom. The molecule has 3 heterocycles. The molecule has 0 saturated carbocycles. The molecule has 3 rings (SSSR count). The standard InChI is InChI=1S/C15H22N4OS/c1-10(2)16-6-12-7-20-5-4-19(12)15-14-13(17-9-18-15)11(3)8-21-14/h8-10,12,16H,4-7H2,1-3H3. The fraction of sp³-hybridized carbons (Fsp3) is 0.600. The summed E-state index contributed by atoms with van der Waals surface area (Å²) in [4.78, 5) is 11.4. The molecule has 6 heteroatoms. The van der Waals surface area contributed by atoms with E-state index in [2.05, 4.69) is 46.3 Å². The summed E-state index contributed by atoms with van der Waals surface area (Å²) in [5.41, 5.74) is 2.30. The summed E-state index contributed by atoms with van der Waals surface area (Å²) in [6.45, 7) is 9.73. The highest BCUT2D eigenvalue weighted by molar-refractivity contribution is 7.18. The van der Waals surface area contributed by atoms with Gasteiger partial charge in [0.25, 0.3) is 0 Å². The number of nitrogens with zero attached hydrogens (tertiary/aromatic N) is 3. The number of aryl methyl sites for hydroxylation is 1. The second kappa shape index (κ2) is 6.25. The third-order valence-electron chi connectivity index (χ3n) is 3.77. The molecule has 0 aliphatic carbocycles. The van der Waals surface area contributed by atoms with Crippen LogP contribution in [0.25, 0.3) is 10.2 Å². The van der Waals surface area contributed by atoms with Gasteiger partial charge < -0.3 is 15.0 Å². The zero-order valence-electron chi connectivity index (χ0n) is 12.8. The van der Waals surface area contributed by atoms with Crippen LogP contribution < -0.4 is 10.2 Å². The maximum atomic E-state index is 5.66. The van der Waals surface area contributed by atoms with Crippen molar-refractivity contribution >= 4 is 27.4 Å². The summed E-state index contributed by atoms with van der Waals surface area (Å²) in [6.07, 6.45) is 1.68. The molecule has 1 saturated heterocycles. The quantitative estimate of drug-likeness (QED) is 0.938. The van der Waals surface area contributed by atoms with Gasteiger partial charge in [0.2, 0.25) is 0 Å². The minimum absolute atomic E-state index is 0.321. The lowest BCUT2D eigenvalue weighted by Crippen LogP contribution is -2.51. The number of thiophene rings is 1. The summed E-state index contributed by atoms with van der Waals surface area (Å²) in [7, 11) is 0. The molecule has 2 aromatic rings. The first-order valence-electron chi connectivity index (χ1n) is 7.43. The minimum atomic E-state index is 0.321. The van der Waals surface area contributed by atoms with E-state index in [0.29, 0.717) is 12.1 Å². The van der Waals surface area contributed by atoms with E-state index in [1.165, 1.54) is 10.3 Å². The minimum Gasteiger partial charge on any atom is -0.377 e. The van der Waals surface area contributed by atoms with Gasteiger partial charge in [0, 0.05) is 19.1 Å². The van der Waals surface area contributed by atoms with Gasteiger partial charge in [-0.3, -0.25) is 0 Å². The molecule has 0 spiro atoms. The fourth-order valence-electron chi connectivity index (χ4n) is 2.64. The van der Waals surface area contributed by atoms with Crippen LogP contribution in [-0.2, 0) is 4.74 Å². The van der Waals surface area contributed by atoms with E-state index in [-0.39, 0.29) is 0 Å². The summed E-state index contributed by atoms with van der Waals surface area (Å²) in [5, 5.41) is 5.66. The SMILES string of the molecule is Cc1csc2c(N3CCOCC3CNC(C)C)ncnc12. The summed E-state index contributed by atoms with van der Waals surface area (Å²) >= 11 is 1.73. The number of rotatable bonds is 4. The van der Waals surface area contributed by atoms with Gasteiger partial charge in [-0.25, -0.2) is 9.97 Å². The molecule has 0 radical (unpaired) electrons. The lowest BCUT2D eigenvalue weighted by Gasteiger charge is -2.37. The van der Waals surface area contributed by atoms with E-state index < -0.39 is 0 Å². The van der Waals surface area contributed by atoms with E-state index >= 15 is 0 Å². The average Bonchev–Trinajstić information content (AvgIpc) is 2.87. The van der Waals surface area contributed by atoms with Gasteiger partial charge in [0.15, 0.2) is 0 Å². The Morgan fingerprint density at radius 3 is 3.14 bits per heavy atom. The highest BCUT2D eigenvalue weighted by Gasteiger charge is 2.26. The van der Waals surface area contributed by atoms with E-state index in [1.807, 2.05) is 0 Å². The van der Waals surface area contributed by atoms with Gasteiger partial charge in [-0.15, -0.1) is 11.3 Å². The van der Waals surface area contributed by atoms with Crippen molar-refractivity contribution in [3.05, 3.63) is 17.3 Å². The summed E-state index contributed by atoms with van der Waals surface area (Å²) in [6, 6.07) is 0.796. The molecule has 0 aromatic carbocycles. The van der Waals surface area contributed by atoms with Crippen molar-refractivity contribution < 1.29 is 4.74 Å². The van der Waals surface area contributed by atoms with Gasteiger partial charge in [-0.1, -0.05) is 13.8 Å². The van der Waals surface area contributed by atoms with Crippen molar-refractivity contribution in [1.82, 2.24) is 15.3 Å². The number of fused-ring (bicyclic) bond motifs is 1. The molecule has 1 N–H and O–H groups in total. The van der Waals surface area contributed by atoms with Crippen molar-refractivity contribution in [2.24, 2.45) is 0 Å². The number of hydrogen-bond donors (Lipinski definition) is 1. The largest absolute Gasteiger partial charge is 0.377 e. The lowest BCUT2D eigenvalue weighted by atomic mass is 10.2. The molecule has 114 valence electrons. The highest BCUT2D eigenvalue weighted by atomic mass is 32.1. The number of aromatic nitrogens is 2. The van der Waals surface area contributed by atoms with Crippen molar-refractivity contribution in [2.45, 2.75) is 32.9 Å². The molecule has 1 fully saturated rings. The predicted molar refractivity (Wildman–Crippen MR) is 87.2 cm³/mol. The maximum Gasteiger partial charge on any atom is 0.150 e. The Hall–Kier alpha value is -1.24. The Balaban J connectivity index is 1.91. The van der Waals surface area contributed by atoms with Crippen molar-refractivity contribution in [1.29, 1.82) is 0 Å². The fourth-order valence-corrected chi connectivity index (χ4v) is 3.64. The second-order valence-corrected chi connectivity index (χ2v) is 6.66. The monoisotopic (exact) mass is 306 g/mol. The number of ether oxygens (including phenoxy) is 1. The van der Waals surface area contributed by atoms with Gasteiger partial charge in [0.05, 0.1) is 29.5 Å². The van der Waals surface area contributed by atoms with Crippen LogP contribution in [0.4, 0.5) is 5.82 Å². The van der Waals surface area contributed by atoms with Crippen LogP contribution in [0.15, 0.2) is 11.7 Å². The molecule has 1 atom stereocenters. The van der Waals surface area contributed by atoms with Crippen LogP contribution in [0, 0.1) is 6.92 Å². The zero-order chi connectivity index (χ0) is 14.8. The van der Waals surface area contributed by atoms with Gasteiger partial charge in [-0.2, -0.15) is 0 Å². The molecule has 0 amide bonds. The normalized spacial score (nSPS) is 19.6. The lowest BCUT2D eigenvalue weighted by molar-refractivity contribution is 0.0929. The van der Waals surface area contributed by atoms with Crippen LogP contribution in [0.5, 0.6) is 0 Å². The van der Waals surface area contributed by atoms with Gasteiger partial charge >= 0.3 is 0 Å². The van der Waals surface area contributed by atoms with Gasteiger partial charge in [-0.05, 0) is 17.9 Å². The van der Waals surface area contributed by atoms with Crippen LogP contribution in [-0.4, -0.2) is 48.4 Å². The molecular weight excluding hydrogens is 284 g/mol. The Bertz CT molecular complexity index is 613. The Labute approximate surface area is 129 Å². The van der Waals surface area contributed by atoms with Crippen molar-refractivity contribution in [2.75, 3.05) is 31.2 Å². The van der Waals surface area contributed by atoms with Crippen LogP contribution in [0.1, 0.15) is 19.4 Å². The second-order valence-electron chi connectivity index (χ2n) is 5.78. The number of hydrogen-bond acceptors (Lipinski definition) is 6. The third-order valence-corrected chi connectivity index (χ3v) is 4.86. The molecule has 1 aliphatic rings. The molecule has 5 nitrogen and oxygen atoms in total. The number of morpholine rings is 1. The topological polar surface area (TPSA) is 50.3 Å². The first-order valence-corrected chi connectivity index (χ1v) is 8.31. The number of nitrogens with one attached hydrogen (secondary N) is 1. The van der Waals surface area contributed by atoms with Crippen LogP contribution in [0.2, 0.25) is 0 Å². The smallest absolute Gasteiger partial charge is 0.150 e. The Morgan fingerprint density at radius 2 is 2.33 bits per heavy atom. The van der Waals surface area contributed by atoms with Crippen LogP contribution in [0.3, 0.4) is 0 Å². The molecule has 21 heavy (non-hydrogen) atoms. The first-order chi connectivity index (χ1) is 10.2. The first kappa shape index (κ1) is 14.7. The molecule has 2 aromatic heterocycles. The summed E-state index contributed by atoms with van der Waals surface area (Å²) < 4.78 is 6.85. The van der Waals surface area contributed by atoms with E-state index in [1.54, 1.807) is 17.7 Å². The zero-order valence-corrected chi connectivity index (χ0v) is 13.6. The Kier molecular flexibility index (Phi) is 4.37. The molecular formula is C15H22N4OS. The average molecular weight is 306 g/mol. The van der Waals surface area contributed by atoms with Crippen molar-refractivity contribution in [3.63, 3.8) is 0 Å². The third kappa shape index (κ3) is 3.02. The molecule has 1 unspecified atom stereocenters. The predicted octanol–water partition coefficient (Wildman–Crippen LogP) is 2.20. The molecule has 1 aliphatic heterocycles.